The number of anilines is 1. The Kier molecular flexibility index (Phi) is 5.79. The molecule has 23 heavy (non-hydrogen) atoms. The van der Waals surface area contributed by atoms with Gasteiger partial charge in [-0.15, -0.1) is 0 Å². The van der Waals surface area contributed by atoms with Gasteiger partial charge in [0.25, 0.3) is 5.91 Å². The van der Waals surface area contributed by atoms with Crippen LogP contribution < -0.4 is 10.1 Å². The molecule has 116 valence electrons. The lowest BCUT2D eigenvalue weighted by Gasteiger charge is -2.06. The Balaban J connectivity index is 2.11. The summed E-state index contributed by atoms with van der Waals surface area (Å²) in [6, 6.07) is 15.8. The van der Waals surface area contributed by atoms with Crippen LogP contribution in [0.25, 0.3) is 6.08 Å². The zero-order valence-electron chi connectivity index (χ0n) is 12.5. The van der Waals surface area contributed by atoms with Gasteiger partial charge in [0.05, 0.1) is 6.61 Å². The van der Waals surface area contributed by atoms with Crippen molar-refractivity contribution in [3.8, 4) is 11.8 Å². The van der Waals surface area contributed by atoms with Crippen LogP contribution in [0.1, 0.15) is 12.5 Å². The maximum atomic E-state index is 12.2. The number of nitrogens with zero attached hydrogens (tertiary/aromatic N) is 1. The topological polar surface area (TPSA) is 62.1 Å². The van der Waals surface area contributed by atoms with E-state index in [0.29, 0.717) is 17.3 Å². The van der Waals surface area contributed by atoms with Gasteiger partial charge in [0, 0.05) is 10.7 Å². The summed E-state index contributed by atoms with van der Waals surface area (Å²) < 4.78 is 5.34. The Morgan fingerprint density at radius 2 is 1.87 bits per heavy atom. The van der Waals surface area contributed by atoms with Gasteiger partial charge < -0.3 is 10.1 Å². The molecule has 2 rings (SSSR count). The van der Waals surface area contributed by atoms with E-state index < -0.39 is 5.91 Å². The van der Waals surface area contributed by atoms with Crippen molar-refractivity contribution in [2.24, 2.45) is 0 Å². The van der Waals surface area contributed by atoms with E-state index in [4.69, 9.17) is 16.3 Å². The summed E-state index contributed by atoms with van der Waals surface area (Å²) in [5, 5.41) is 12.5. The molecule has 0 spiro atoms. The highest BCUT2D eigenvalue weighted by Gasteiger charge is 2.09. The molecule has 5 heteroatoms. The normalized spacial score (nSPS) is 10.7. The minimum atomic E-state index is -0.466. The molecule has 0 fully saturated rings. The fraction of sp³-hybridized carbons (Fsp3) is 0.111. The minimum absolute atomic E-state index is 0.0150. The van der Waals surface area contributed by atoms with Crippen molar-refractivity contribution >= 4 is 29.3 Å². The van der Waals surface area contributed by atoms with Crippen LogP contribution in [0.4, 0.5) is 5.69 Å². The first-order valence-corrected chi connectivity index (χ1v) is 7.41. The van der Waals surface area contributed by atoms with Gasteiger partial charge in [0.15, 0.2) is 0 Å². The summed E-state index contributed by atoms with van der Waals surface area (Å²) in [7, 11) is 0. The predicted molar refractivity (Wildman–Crippen MR) is 91.3 cm³/mol. The largest absolute Gasteiger partial charge is 0.494 e. The molecule has 2 aromatic rings. The summed E-state index contributed by atoms with van der Waals surface area (Å²) in [5.41, 5.74) is 1.34. The van der Waals surface area contributed by atoms with E-state index in [-0.39, 0.29) is 5.57 Å². The first-order chi connectivity index (χ1) is 11.1. The summed E-state index contributed by atoms with van der Waals surface area (Å²) in [6.45, 7) is 2.48. The number of rotatable bonds is 5. The van der Waals surface area contributed by atoms with Crippen molar-refractivity contribution in [3.63, 3.8) is 0 Å². The van der Waals surface area contributed by atoms with Crippen LogP contribution in [-0.4, -0.2) is 12.5 Å². The summed E-state index contributed by atoms with van der Waals surface area (Å²) in [4.78, 5) is 12.2. The number of carbonyl (C=O) groups is 1. The summed E-state index contributed by atoms with van der Waals surface area (Å²) in [5.74, 6) is 0.259. The molecule has 0 saturated carbocycles. The van der Waals surface area contributed by atoms with Crippen LogP contribution in [0.2, 0.25) is 5.02 Å². The maximum Gasteiger partial charge on any atom is 0.266 e. The third-order valence-corrected chi connectivity index (χ3v) is 3.22. The molecule has 0 aliphatic rings. The van der Waals surface area contributed by atoms with Gasteiger partial charge in [-0.2, -0.15) is 5.26 Å². The number of amides is 1. The number of hydrogen-bond donors (Lipinski definition) is 1. The lowest BCUT2D eigenvalue weighted by atomic mass is 10.1. The predicted octanol–water partition coefficient (Wildman–Crippen LogP) is 4.28. The van der Waals surface area contributed by atoms with E-state index >= 15 is 0 Å². The van der Waals surface area contributed by atoms with E-state index in [1.807, 2.05) is 13.0 Å². The van der Waals surface area contributed by atoms with E-state index in [0.717, 1.165) is 11.3 Å². The molecule has 2 aromatic carbocycles. The molecular formula is C18H15ClN2O2. The molecule has 1 N–H and O–H groups in total. The van der Waals surface area contributed by atoms with Gasteiger partial charge in [-0.25, -0.2) is 0 Å². The Labute approximate surface area is 140 Å². The van der Waals surface area contributed by atoms with Crippen LogP contribution in [0.3, 0.4) is 0 Å². The second-order valence-corrected chi connectivity index (χ2v) is 5.07. The first kappa shape index (κ1) is 16.6. The fourth-order valence-corrected chi connectivity index (χ4v) is 2.00. The summed E-state index contributed by atoms with van der Waals surface area (Å²) in [6.07, 6.45) is 1.51. The smallest absolute Gasteiger partial charge is 0.266 e. The van der Waals surface area contributed by atoms with E-state index in [1.54, 1.807) is 48.5 Å². The zero-order chi connectivity index (χ0) is 16.7. The number of benzene rings is 2. The molecule has 0 radical (unpaired) electrons. The molecule has 0 saturated heterocycles. The second kappa shape index (κ2) is 8.02. The zero-order valence-corrected chi connectivity index (χ0v) is 13.3. The highest BCUT2D eigenvalue weighted by Crippen LogP contribution is 2.17. The Bertz CT molecular complexity index is 744. The molecule has 1 amide bonds. The van der Waals surface area contributed by atoms with Crippen molar-refractivity contribution in [1.29, 1.82) is 5.26 Å². The highest BCUT2D eigenvalue weighted by atomic mass is 35.5. The number of nitrogens with one attached hydrogen (secondary N) is 1. The summed E-state index contributed by atoms with van der Waals surface area (Å²) >= 11 is 5.81. The second-order valence-electron chi connectivity index (χ2n) is 4.63. The van der Waals surface area contributed by atoms with E-state index in [1.165, 1.54) is 6.08 Å². The third-order valence-electron chi connectivity index (χ3n) is 2.97. The van der Waals surface area contributed by atoms with Crippen molar-refractivity contribution in [2.45, 2.75) is 6.92 Å². The average molecular weight is 327 g/mol. The van der Waals surface area contributed by atoms with Gasteiger partial charge in [-0.05, 0) is 55.0 Å². The Hall–Kier alpha value is -2.77. The van der Waals surface area contributed by atoms with Crippen molar-refractivity contribution < 1.29 is 9.53 Å². The molecule has 0 unspecified atom stereocenters. The fourth-order valence-electron chi connectivity index (χ4n) is 1.87. The number of ether oxygens (including phenoxy) is 1. The number of carbonyl (C=O) groups excluding carboxylic acids is 1. The van der Waals surface area contributed by atoms with Crippen molar-refractivity contribution in [3.05, 3.63) is 64.7 Å². The Morgan fingerprint density at radius 3 is 2.43 bits per heavy atom. The highest BCUT2D eigenvalue weighted by molar-refractivity contribution is 6.30. The molecule has 0 bridgehead atoms. The van der Waals surface area contributed by atoms with Gasteiger partial charge >= 0.3 is 0 Å². The van der Waals surface area contributed by atoms with Crippen LogP contribution in [0, 0.1) is 11.3 Å². The van der Waals surface area contributed by atoms with Gasteiger partial charge in [-0.3, -0.25) is 4.79 Å². The van der Waals surface area contributed by atoms with E-state index in [9.17, 15) is 10.1 Å². The molecular weight excluding hydrogens is 312 g/mol. The van der Waals surface area contributed by atoms with Crippen molar-refractivity contribution in [2.75, 3.05) is 11.9 Å². The van der Waals surface area contributed by atoms with Crippen molar-refractivity contribution in [1.82, 2.24) is 0 Å². The monoisotopic (exact) mass is 326 g/mol. The lowest BCUT2D eigenvalue weighted by molar-refractivity contribution is -0.112. The molecule has 0 aromatic heterocycles. The molecule has 0 atom stereocenters. The van der Waals surface area contributed by atoms with Gasteiger partial charge in [0.1, 0.15) is 17.4 Å². The van der Waals surface area contributed by atoms with Crippen LogP contribution in [-0.2, 0) is 4.79 Å². The van der Waals surface area contributed by atoms with Crippen LogP contribution in [0.5, 0.6) is 5.75 Å². The quantitative estimate of drug-likeness (QED) is 0.658. The molecule has 4 nitrogen and oxygen atoms in total. The molecule has 0 aliphatic carbocycles. The van der Waals surface area contributed by atoms with Crippen LogP contribution >= 0.6 is 11.6 Å². The third kappa shape index (κ3) is 4.87. The molecule has 0 heterocycles. The van der Waals surface area contributed by atoms with Gasteiger partial charge in [0.2, 0.25) is 0 Å². The molecule has 0 aliphatic heterocycles. The number of halogens is 1. The standard InChI is InChI=1S/C18H15ClN2O2/c1-2-23-17-9-7-16(8-10-17)21-18(22)14(12-20)11-13-3-5-15(19)6-4-13/h3-11H,2H2,1H3,(H,21,22)/b14-11+. The van der Waals surface area contributed by atoms with E-state index in [2.05, 4.69) is 5.32 Å². The lowest BCUT2D eigenvalue weighted by Crippen LogP contribution is -2.13. The van der Waals surface area contributed by atoms with Crippen LogP contribution in [0.15, 0.2) is 54.1 Å². The average Bonchev–Trinajstić information content (AvgIpc) is 2.56. The number of hydrogen-bond acceptors (Lipinski definition) is 3. The SMILES string of the molecule is CCOc1ccc(NC(=O)/C(C#N)=C/c2ccc(Cl)cc2)cc1. The Morgan fingerprint density at radius 1 is 1.22 bits per heavy atom. The number of nitriles is 1. The minimum Gasteiger partial charge on any atom is -0.494 e. The maximum absolute atomic E-state index is 12.2. The first-order valence-electron chi connectivity index (χ1n) is 7.04. The van der Waals surface area contributed by atoms with Gasteiger partial charge in [-0.1, -0.05) is 23.7 Å².